The van der Waals surface area contributed by atoms with Crippen LogP contribution in [0.2, 0.25) is 0 Å². The highest BCUT2D eigenvalue weighted by Crippen LogP contribution is 2.40. The maximum absolute atomic E-state index is 10.9. The van der Waals surface area contributed by atoms with E-state index in [1.54, 1.807) is 0 Å². The van der Waals surface area contributed by atoms with Crippen LogP contribution in [0, 0.1) is 5.92 Å². The monoisotopic (exact) mass is 239 g/mol. The molecule has 2 N–H and O–H groups in total. The molecule has 100 valence electrons. The first-order valence-electron chi connectivity index (χ1n) is 7.70. The summed E-state index contributed by atoms with van der Waals surface area (Å²) in [6.45, 7) is 3.23. The van der Waals surface area contributed by atoms with Crippen LogP contribution in [0.1, 0.15) is 71.1 Å². The summed E-state index contributed by atoms with van der Waals surface area (Å²) in [4.78, 5) is 0. The van der Waals surface area contributed by atoms with Gasteiger partial charge in [-0.3, -0.25) is 0 Å². The Kier molecular flexibility index (Phi) is 4.87. The molecule has 0 aromatic heterocycles. The molecule has 2 heteroatoms. The maximum Gasteiger partial charge on any atom is 0.0677 e. The second-order valence-corrected chi connectivity index (χ2v) is 6.12. The summed E-state index contributed by atoms with van der Waals surface area (Å²) in [6, 6.07) is 0.658. The molecule has 0 radical (unpaired) electrons. The van der Waals surface area contributed by atoms with E-state index >= 15 is 0 Å². The van der Waals surface area contributed by atoms with E-state index in [1.165, 1.54) is 51.4 Å². The van der Waals surface area contributed by atoms with Crippen molar-refractivity contribution in [3.05, 3.63) is 0 Å². The molecule has 0 aromatic carbocycles. The lowest BCUT2D eigenvalue weighted by molar-refractivity contribution is -0.0595. The summed E-state index contributed by atoms with van der Waals surface area (Å²) in [7, 11) is 0. The molecule has 17 heavy (non-hydrogen) atoms. The van der Waals surface area contributed by atoms with Crippen molar-refractivity contribution < 1.29 is 5.11 Å². The van der Waals surface area contributed by atoms with Crippen LogP contribution in [-0.2, 0) is 0 Å². The van der Waals surface area contributed by atoms with E-state index in [4.69, 9.17) is 0 Å². The molecule has 0 unspecified atom stereocenters. The molecule has 2 rings (SSSR count). The Hall–Kier alpha value is -0.0800. The van der Waals surface area contributed by atoms with Crippen LogP contribution >= 0.6 is 0 Å². The minimum atomic E-state index is -0.323. The molecule has 2 fully saturated rings. The van der Waals surface area contributed by atoms with Crippen molar-refractivity contribution in [1.82, 2.24) is 5.32 Å². The molecule has 2 saturated carbocycles. The third kappa shape index (κ3) is 3.45. The topological polar surface area (TPSA) is 32.3 Å². The third-order valence-electron chi connectivity index (χ3n) is 4.96. The molecule has 0 aromatic rings. The molecule has 2 nitrogen and oxygen atoms in total. The lowest BCUT2D eigenvalue weighted by Gasteiger charge is -2.41. The lowest BCUT2D eigenvalue weighted by Crippen LogP contribution is -2.45. The van der Waals surface area contributed by atoms with Crippen LogP contribution in [0.4, 0.5) is 0 Å². The van der Waals surface area contributed by atoms with E-state index in [9.17, 15) is 5.11 Å². The van der Waals surface area contributed by atoms with Gasteiger partial charge >= 0.3 is 0 Å². The van der Waals surface area contributed by atoms with Gasteiger partial charge in [-0.2, -0.15) is 0 Å². The quantitative estimate of drug-likeness (QED) is 0.741. The molecule has 0 saturated heterocycles. The Morgan fingerprint density at radius 3 is 2.12 bits per heavy atom. The first-order valence-corrected chi connectivity index (χ1v) is 7.70. The smallest absolute Gasteiger partial charge is 0.0677 e. The van der Waals surface area contributed by atoms with Crippen molar-refractivity contribution in [2.24, 2.45) is 5.92 Å². The number of hydrogen-bond acceptors (Lipinski definition) is 2. The third-order valence-corrected chi connectivity index (χ3v) is 4.96. The molecule has 0 amide bonds. The zero-order chi connectivity index (χ0) is 12.1. The second-order valence-electron chi connectivity index (χ2n) is 6.12. The summed E-state index contributed by atoms with van der Waals surface area (Å²) in [5.41, 5.74) is -0.323. The Morgan fingerprint density at radius 1 is 1.00 bits per heavy atom. The van der Waals surface area contributed by atoms with Crippen molar-refractivity contribution in [3.8, 4) is 0 Å². The summed E-state index contributed by atoms with van der Waals surface area (Å²) in [5.74, 6) is 0.590. The predicted molar refractivity (Wildman–Crippen MR) is 72.1 cm³/mol. The maximum atomic E-state index is 10.9. The summed E-state index contributed by atoms with van der Waals surface area (Å²) in [6.07, 6.45) is 12.4. The molecule has 2 aliphatic rings. The minimum absolute atomic E-state index is 0.323. The summed E-state index contributed by atoms with van der Waals surface area (Å²) >= 11 is 0. The van der Waals surface area contributed by atoms with Crippen LogP contribution in [0.15, 0.2) is 0 Å². The van der Waals surface area contributed by atoms with Crippen LogP contribution in [0.25, 0.3) is 0 Å². The highest BCUT2D eigenvalue weighted by atomic mass is 16.3. The standard InChI is InChI=1S/C15H29NO/c1-2-16-14-9-11-15(17,12-10-14)13-7-5-3-4-6-8-13/h13-14,16-17H,2-12H2,1H3. The first-order chi connectivity index (χ1) is 8.24. The van der Waals surface area contributed by atoms with Crippen molar-refractivity contribution in [2.45, 2.75) is 82.8 Å². The highest BCUT2D eigenvalue weighted by molar-refractivity contribution is 4.93. The molecule has 2 aliphatic carbocycles. The Bertz CT molecular complexity index is 213. The Morgan fingerprint density at radius 2 is 1.59 bits per heavy atom. The summed E-state index contributed by atoms with van der Waals surface area (Å²) in [5, 5.41) is 14.4. The van der Waals surface area contributed by atoms with E-state index in [1.807, 2.05) is 0 Å². The van der Waals surface area contributed by atoms with Gasteiger partial charge in [0.25, 0.3) is 0 Å². The van der Waals surface area contributed by atoms with Gasteiger partial charge in [-0.1, -0.05) is 32.6 Å². The number of nitrogens with one attached hydrogen (secondary N) is 1. The normalized spacial score (nSPS) is 36.7. The molecule has 0 atom stereocenters. The molecular formula is C15H29NO. The van der Waals surface area contributed by atoms with Gasteiger partial charge in [0.15, 0.2) is 0 Å². The van der Waals surface area contributed by atoms with Gasteiger partial charge in [-0.05, 0) is 51.0 Å². The van der Waals surface area contributed by atoms with Crippen molar-refractivity contribution in [2.75, 3.05) is 6.54 Å². The zero-order valence-electron chi connectivity index (χ0n) is 11.4. The average molecular weight is 239 g/mol. The molecular weight excluding hydrogens is 210 g/mol. The van der Waals surface area contributed by atoms with E-state index in [-0.39, 0.29) is 5.60 Å². The highest BCUT2D eigenvalue weighted by Gasteiger charge is 2.39. The first kappa shape index (κ1) is 13.4. The predicted octanol–water partition coefficient (Wildman–Crippen LogP) is 3.24. The van der Waals surface area contributed by atoms with Crippen LogP contribution in [0.3, 0.4) is 0 Å². The van der Waals surface area contributed by atoms with Crippen LogP contribution < -0.4 is 5.32 Å². The van der Waals surface area contributed by atoms with Crippen molar-refractivity contribution >= 4 is 0 Å². The van der Waals surface area contributed by atoms with Crippen molar-refractivity contribution in [1.29, 1.82) is 0 Å². The second kappa shape index (κ2) is 6.19. The van der Waals surface area contributed by atoms with Gasteiger partial charge in [-0.15, -0.1) is 0 Å². The van der Waals surface area contributed by atoms with Crippen molar-refractivity contribution in [3.63, 3.8) is 0 Å². The van der Waals surface area contributed by atoms with Crippen LogP contribution in [-0.4, -0.2) is 23.3 Å². The van der Waals surface area contributed by atoms with Gasteiger partial charge < -0.3 is 10.4 Å². The van der Waals surface area contributed by atoms with Gasteiger partial charge in [0.1, 0.15) is 0 Å². The number of rotatable bonds is 3. The van der Waals surface area contributed by atoms with Gasteiger partial charge in [0, 0.05) is 6.04 Å². The average Bonchev–Trinajstić information content (AvgIpc) is 2.62. The minimum Gasteiger partial charge on any atom is -0.390 e. The zero-order valence-corrected chi connectivity index (χ0v) is 11.4. The Balaban J connectivity index is 1.86. The van der Waals surface area contributed by atoms with Gasteiger partial charge in [0.05, 0.1) is 5.60 Å². The van der Waals surface area contributed by atoms with E-state index < -0.39 is 0 Å². The summed E-state index contributed by atoms with van der Waals surface area (Å²) < 4.78 is 0. The van der Waals surface area contributed by atoms with E-state index in [0.717, 1.165) is 19.4 Å². The Labute approximate surface area is 106 Å². The largest absolute Gasteiger partial charge is 0.390 e. The fraction of sp³-hybridized carbons (Fsp3) is 1.00. The fourth-order valence-corrected chi connectivity index (χ4v) is 3.84. The van der Waals surface area contributed by atoms with Gasteiger partial charge in [-0.25, -0.2) is 0 Å². The number of aliphatic hydroxyl groups is 1. The number of hydrogen-bond donors (Lipinski definition) is 2. The molecule has 0 heterocycles. The SMILES string of the molecule is CCNC1CCC(O)(C2CCCCCC2)CC1. The van der Waals surface area contributed by atoms with E-state index in [0.29, 0.717) is 12.0 Å². The molecule has 0 aliphatic heterocycles. The van der Waals surface area contributed by atoms with E-state index in [2.05, 4.69) is 12.2 Å². The molecule has 0 spiro atoms. The molecule has 0 bridgehead atoms. The van der Waals surface area contributed by atoms with Gasteiger partial charge in [0.2, 0.25) is 0 Å². The lowest BCUT2D eigenvalue weighted by atomic mass is 9.71. The van der Waals surface area contributed by atoms with Crippen LogP contribution in [0.5, 0.6) is 0 Å². The fourth-order valence-electron chi connectivity index (χ4n) is 3.84.